The molecule has 1 aromatic heterocycles. The lowest BCUT2D eigenvalue weighted by molar-refractivity contribution is 0.0996. The molecule has 1 N–H and O–H groups in total. The number of carbonyl (C=O) groups is 1. The van der Waals surface area contributed by atoms with E-state index in [1.165, 1.54) is 6.26 Å². The molecule has 1 aliphatic heterocycles. The van der Waals surface area contributed by atoms with Crippen LogP contribution in [0.1, 0.15) is 29.5 Å². The van der Waals surface area contributed by atoms with Gasteiger partial charge in [0.25, 0.3) is 5.91 Å². The zero-order valence-electron chi connectivity index (χ0n) is 11.1. The molecule has 0 saturated carbocycles. The summed E-state index contributed by atoms with van der Waals surface area (Å²) in [6.45, 7) is 2.30. The van der Waals surface area contributed by atoms with E-state index in [2.05, 4.69) is 12.2 Å². The predicted octanol–water partition coefficient (Wildman–Crippen LogP) is 3.21. The van der Waals surface area contributed by atoms with Crippen LogP contribution in [-0.4, -0.2) is 12.7 Å². The third-order valence-corrected chi connectivity index (χ3v) is 3.11. The van der Waals surface area contributed by atoms with Gasteiger partial charge in [0, 0.05) is 11.8 Å². The van der Waals surface area contributed by atoms with Crippen molar-refractivity contribution in [3.05, 3.63) is 41.9 Å². The minimum atomic E-state index is -0.272. The van der Waals surface area contributed by atoms with Gasteiger partial charge < -0.3 is 19.2 Å². The highest BCUT2D eigenvalue weighted by Gasteiger charge is 2.19. The van der Waals surface area contributed by atoms with Crippen molar-refractivity contribution in [1.82, 2.24) is 0 Å². The highest BCUT2D eigenvalue weighted by atomic mass is 16.7. The highest BCUT2D eigenvalue weighted by Crippen LogP contribution is 2.37. The van der Waals surface area contributed by atoms with Gasteiger partial charge in [0.15, 0.2) is 17.3 Å². The Kier molecular flexibility index (Phi) is 3.33. The van der Waals surface area contributed by atoms with Crippen molar-refractivity contribution < 1.29 is 18.7 Å². The molecule has 3 rings (SSSR count). The molecule has 104 valence electrons. The summed E-state index contributed by atoms with van der Waals surface area (Å²) in [5.41, 5.74) is 1.76. The van der Waals surface area contributed by atoms with Gasteiger partial charge in [-0.05, 0) is 30.2 Å². The summed E-state index contributed by atoms with van der Waals surface area (Å²) in [7, 11) is 0. The van der Waals surface area contributed by atoms with Crippen molar-refractivity contribution in [2.24, 2.45) is 0 Å². The number of benzene rings is 1. The van der Waals surface area contributed by atoms with E-state index in [-0.39, 0.29) is 18.5 Å². The van der Waals surface area contributed by atoms with Crippen molar-refractivity contribution in [1.29, 1.82) is 0 Å². The molecule has 0 unspecified atom stereocenters. The summed E-state index contributed by atoms with van der Waals surface area (Å²) < 4.78 is 15.8. The van der Waals surface area contributed by atoms with Crippen molar-refractivity contribution >= 4 is 11.6 Å². The first-order valence-electron chi connectivity index (χ1n) is 6.55. The number of anilines is 1. The quantitative estimate of drug-likeness (QED) is 0.929. The molecular weight excluding hydrogens is 258 g/mol. The Morgan fingerprint density at radius 3 is 2.80 bits per heavy atom. The Hall–Kier alpha value is -2.43. The molecule has 0 aliphatic carbocycles. The molecule has 5 heteroatoms. The third kappa shape index (κ3) is 2.34. The van der Waals surface area contributed by atoms with Crippen LogP contribution in [0.2, 0.25) is 0 Å². The fourth-order valence-corrected chi connectivity index (χ4v) is 2.17. The van der Waals surface area contributed by atoms with Gasteiger partial charge in [-0.2, -0.15) is 0 Å². The molecule has 0 spiro atoms. The van der Waals surface area contributed by atoms with E-state index in [0.29, 0.717) is 5.75 Å². The standard InChI is InChI=1S/C15H15NO4/c1-2-4-10-7-13-14(20-9-19-13)8-11(10)16-15(17)12-5-3-6-18-12/h3,5-8H,2,4,9H2,1H3,(H,16,17). The number of hydrogen-bond donors (Lipinski definition) is 1. The summed E-state index contributed by atoms with van der Waals surface area (Å²) in [5.74, 6) is 1.39. The fraction of sp³-hybridized carbons (Fsp3) is 0.267. The van der Waals surface area contributed by atoms with E-state index in [1.54, 1.807) is 18.2 Å². The molecule has 1 aromatic carbocycles. The first kappa shape index (κ1) is 12.6. The summed E-state index contributed by atoms with van der Waals surface area (Å²) in [4.78, 5) is 12.1. The molecule has 0 atom stereocenters. The van der Waals surface area contributed by atoms with Crippen LogP contribution in [-0.2, 0) is 6.42 Å². The zero-order valence-corrected chi connectivity index (χ0v) is 11.1. The lowest BCUT2D eigenvalue weighted by Gasteiger charge is -2.11. The number of fused-ring (bicyclic) bond motifs is 1. The first-order chi connectivity index (χ1) is 9.78. The fourth-order valence-electron chi connectivity index (χ4n) is 2.17. The molecule has 0 bridgehead atoms. The Morgan fingerprint density at radius 1 is 1.30 bits per heavy atom. The van der Waals surface area contributed by atoms with Gasteiger partial charge in [0.2, 0.25) is 6.79 Å². The molecule has 1 amide bonds. The third-order valence-electron chi connectivity index (χ3n) is 3.11. The number of ether oxygens (including phenoxy) is 2. The van der Waals surface area contributed by atoms with Gasteiger partial charge in [-0.3, -0.25) is 4.79 Å². The van der Waals surface area contributed by atoms with Gasteiger partial charge in [0.05, 0.1) is 6.26 Å². The summed E-state index contributed by atoms with van der Waals surface area (Å²) >= 11 is 0. The molecule has 1 aliphatic rings. The van der Waals surface area contributed by atoms with Crippen LogP contribution in [0.25, 0.3) is 0 Å². The highest BCUT2D eigenvalue weighted by molar-refractivity contribution is 6.02. The Morgan fingerprint density at radius 2 is 2.10 bits per heavy atom. The second-order valence-electron chi connectivity index (χ2n) is 4.54. The van der Waals surface area contributed by atoms with Gasteiger partial charge in [0.1, 0.15) is 0 Å². The normalized spacial score (nSPS) is 12.4. The van der Waals surface area contributed by atoms with Gasteiger partial charge in [-0.1, -0.05) is 13.3 Å². The van der Waals surface area contributed by atoms with Crippen LogP contribution in [0.4, 0.5) is 5.69 Å². The molecule has 0 radical (unpaired) electrons. The number of aryl methyl sites for hydroxylation is 1. The molecule has 0 saturated heterocycles. The first-order valence-corrected chi connectivity index (χ1v) is 6.55. The van der Waals surface area contributed by atoms with Crippen LogP contribution in [0.5, 0.6) is 11.5 Å². The Balaban J connectivity index is 1.89. The lowest BCUT2D eigenvalue weighted by Crippen LogP contribution is -2.12. The minimum absolute atomic E-state index is 0.219. The number of nitrogens with one attached hydrogen (secondary N) is 1. The maximum absolute atomic E-state index is 12.1. The van der Waals surface area contributed by atoms with Crippen LogP contribution in [0.15, 0.2) is 34.9 Å². The maximum atomic E-state index is 12.1. The van der Waals surface area contributed by atoms with E-state index >= 15 is 0 Å². The Bertz CT molecular complexity index is 619. The van der Waals surface area contributed by atoms with E-state index in [4.69, 9.17) is 13.9 Å². The van der Waals surface area contributed by atoms with Crippen LogP contribution in [0.3, 0.4) is 0 Å². The number of furan rings is 1. The number of hydrogen-bond acceptors (Lipinski definition) is 4. The van der Waals surface area contributed by atoms with Crippen molar-refractivity contribution in [2.75, 3.05) is 12.1 Å². The average molecular weight is 273 g/mol. The second kappa shape index (κ2) is 5.28. The topological polar surface area (TPSA) is 60.7 Å². The van der Waals surface area contributed by atoms with Gasteiger partial charge in [-0.25, -0.2) is 0 Å². The number of carbonyl (C=O) groups excluding carboxylic acids is 1. The van der Waals surface area contributed by atoms with Gasteiger partial charge in [-0.15, -0.1) is 0 Å². The van der Waals surface area contributed by atoms with Crippen molar-refractivity contribution in [3.8, 4) is 11.5 Å². The Labute approximate surface area is 116 Å². The summed E-state index contributed by atoms with van der Waals surface area (Å²) in [6, 6.07) is 7.03. The van der Waals surface area contributed by atoms with E-state index in [9.17, 15) is 4.79 Å². The van der Waals surface area contributed by atoms with E-state index in [0.717, 1.165) is 29.8 Å². The SMILES string of the molecule is CCCc1cc2c(cc1NC(=O)c1ccco1)OCO2. The van der Waals surface area contributed by atoms with Crippen LogP contribution in [0, 0.1) is 0 Å². The molecule has 0 fully saturated rings. The maximum Gasteiger partial charge on any atom is 0.291 e. The molecule has 20 heavy (non-hydrogen) atoms. The summed E-state index contributed by atoms with van der Waals surface area (Å²) in [6.07, 6.45) is 3.30. The van der Waals surface area contributed by atoms with Crippen molar-refractivity contribution in [3.63, 3.8) is 0 Å². The lowest BCUT2D eigenvalue weighted by atomic mass is 10.1. The number of amides is 1. The molecule has 2 heterocycles. The predicted molar refractivity (Wildman–Crippen MR) is 73.2 cm³/mol. The van der Waals surface area contributed by atoms with E-state index < -0.39 is 0 Å². The monoisotopic (exact) mass is 273 g/mol. The van der Waals surface area contributed by atoms with Gasteiger partial charge >= 0.3 is 0 Å². The van der Waals surface area contributed by atoms with E-state index in [1.807, 2.05) is 6.07 Å². The largest absolute Gasteiger partial charge is 0.459 e. The zero-order chi connectivity index (χ0) is 13.9. The van der Waals surface area contributed by atoms with Crippen LogP contribution < -0.4 is 14.8 Å². The smallest absolute Gasteiger partial charge is 0.291 e. The average Bonchev–Trinajstić information content (AvgIpc) is 3.09. The minimum Gasteiger partial charge on any atom is -0.459 e. The van der Waals surface area contributed by atoms with Crippen LogP contribution >= 0.6 is 0 Å². The molecule has 5 nitrogen and oxygen atoms in total. The molecular formula is C15H15NO4. The second-order valence-corrected chi connectivity index (χ2v) is 4.54. The molecule has 2 aromatic rings. The number of rotatable bonds is 4. The van der Waals surface area contributed by atoms with Crippen molar-refractivity contribution in [2.45, 2.75) is 19.8 Å². The summed E-state index contributed by atoms with van der Waals surface area (Å²) in [5, 5.41) is 2.86.